The lowest BCUT2D eigenvalue weighted by molar-refractivity contribution is 0.418. The number of rotatable bonds is 6. The molecule has 1 heterocycles. The maximum Gasteiger partial charge on any atom is 0.126 e. The molecule has 0 aliphatic carbocycles. The highest BCUT2D eigenvalue weighted by Gasteiger charge is 2.18. The zero-order chi connectivity index (χ0) is 15.4. The second-order valence-corrected chi connectivity index (χ2v) is 6.91. The van der Waals surface area contributed by atoms with Crippen LogP contribution in [-0.2, 0) is 0 Å². The van der Waals surface area contributed by atoms with E-state index in [0.717, 1.165) is 29.0 Å². The van der Waals surface area contributed by atoms with Gasteiger partial charge in [0.1, 0.15) is 5.82 Å². The van der Waals surface area contributed by atoms with E-state index in [9.17, 15) is 4.39 Å². The van der Waals surface area contributed by atoms with Crippen LogP contribution >= 0.6 is 11.3 Å². The molecule has 0 amide bonds. The molecule has 0 bridgehead atoms. The van der Waals surface area contributed by atoms with Crippen molar-refractivity contribution in [2.45, 2.75) is 40.2 Å². The Morgan fingerprint density at radius 2 is 1.95 bits per heavy atom. The lowest BCUT2D eigenvalue weighted by atomic mass is 10.0. The largest absolute Gasteiger partial charge is 0.309 e. The minimum absolute atomic E-state index is 0.132. The summed E-state index contributed by atoms with van der Waals surface area (Å²) in [7, 11) is 0. The molecule has 0 spiro atoms. The molecule has 2 aromatic rings. The third kappa shape index (κ3) is 3.72. The number of nitrogens with one attached hydrogen (secondary N) is 1. The van der Waals surface area contributed by atoms with E-state index in [0.29, 0.717) is 12.0 Å². The first-order valence-electron chi connectivity index (χ1n) is 7.63. The van der Waals surface area contributed by atoms with Gasteiger partial charge in [-0.3, -0.25) is 0 Å². The van der Waals surface area contributed by atoms with E-state index in [4.69, 9.17) is 0 Å². The zero-order valence-electron chi connectivity index (χ0n) is 13.2. The summed E-state index contributed by atoms with van der Waals surface area (Å²) < 4.78 is 13.7. The molecule has 1 aromatic carbocycles. The molecule has 114 valence electrons. The van der Waals surface area contributed by atoms with E-state index >= 15 is 0 Å². The van der Waals surface area contributed by atoms with Gasteiger partial charge in [-0.2, -0.15) is 0 Å². The van der Waals surface area contributed by atoms with Crippen molar-refractivity contribution < 1.29 is 4.39 Å². The predicted octanol–water partition coefficient (Wildman–Crippen LogP) is 5.56. The zero-order valence-corrected chi connectivity index (χ0v) is 14.1. The molecule has 0 saturated heterocycles. The molecule has 1 unspecified atom stereocenters. The maximum absolute atomic E-state index is 13.7. The molecule has 1 N–H and O–H groups in total. The van der Waals surface area contributed by atoms with Gasteiger partial charge in [0.15, 0.2) is 0 Å². The van der Waals surface area contributed by atoms with Gasteiger partial charge in [-0.25, -0.2) is 4.39 Å². The smallest absolute Gasteiger partial charge is 0.126 e. The monoisotopic (exact) mass is 305 g/mol. The van der Waals surface area contributed by atoms with Gasteiger partial charge in [-0.05, 0) is 55.1 Å². The Bertz CT molecular complexity index is 589. The summed E-state index contributed by atoms with van der Waals surface area (Å²) in [5.74, 6) is 0.406. The summed E-state index contributed by atoms with van der Waals surface area (Å²) in [4.78, 5) is 2.48. The second-order valence-electron chi connectivity index (χ2n) is 5.79. The minimum Gasteiger partial charge on any atom is -0.309 e. The van der Waals surface area contributed by atoms with E-state index in [1.165, 1.54) is 10.9 Å². The molecule has 0 radical (unpaired) electrons. The number of hydrogen-bond donors (Lipinski definition) is 1. The van der Waals surface area contributed by atoms with Crippen molar-refractivity contribution in [3.05, 3.63) is 46.6 Å². The van der Waals surface area contributed by atoms with E-state index in [1.54, 1.807) is 17.4 Å². The van der Waals surface area contributed by atoms with Crippen molar-refractivity contribution in [2.24, 2.45) is 5.92 Å². The minimum atomic E-state index is -0.132. The second kappa shape index (κ2) is 7.19. The molecule has 0 saturated carbocycles. The van der Waals surface area contributed by atoms with Gasteiger partial charge >= 0.3 is 0 Å². The fourth-order valence-corrected chi connectivity index (χ4v) is 3.84. The molecule has 0 fully saturated rings. The SMILES string of the molecule is CCCNC(c1ccc(-c2cccc(F)c2C)s1)C(C)C. The van der Waals surface area contributed by atoms with Crippen LogP contribution < -0.4 is 5.32 Å². The first-order valence-corrected chi connectivity index (χ1v) is 8.44. The van der Waals surface area contributed by atoms with Gasteiger partial charge in [0, 0.05) is 15.8 Å². The van der Waals surface area contributed by atoms with Gasteiger partial charge < -0.3 is 5.32 Å². The highest BCUT2D eigenvalue weighted by molar-refractivity contribution is 7.15. The molecule has 1 atom stereocenters. The first-order chi connectivity index (χ1) is 10.0. The summed E-state index contributed by atoms with van der Waals surface area (Å²) in [5.41, 5.74) is 1.73. The highest BCUT2D eigenvalue weighted by Crippen LogP contribution is 2.36. The Labute approximate surface area is 131 Å². The number of halogens is 1. The Balaban J connectivity index is 2.29. The van der Waals surface area contributed by atoms with Gasteiger partial charge in [0.2, 0.25) is 0 Å². The molecule has 3 heteroatoms. The normalized spacial score (nSPS) is 12.9. The average molecular weight is 305 g/mol. The third-order valence-electron chi connectivity index (χ3n) is 3.75. The van der Waals surface area contributed by atoms with Crippen LogP contribution in [-0.4, -0.2) is 6.54 Å². The molecule has 0 aliphatic heterocycles. The Hall–Kier alpha value is -1.19. The third-order valence-corrected chi connectivity index (χ3v) is 4.95. The van der Waals surface area contributed by atoms with Gasteiger partial charge in [-0.15, -0.1) is 11.3 Å². The topological polar surface area (TPSA) is 12.0 Å². The standard InChI is InChI=1S/C18H24FNS/c1-5-11-20-18(12(2)3)17-10-9-16(21-17)14-7-6-8-15(19)13(14)4/h6-10,12,18,20H,5,11H2,1-4H3. The molecule has 21 heavy (non-hydrogen) atoms. The van der Waals surface area contributed by atoms with Crippen molar-refractivity contribution in [2.75, 3.05) is 6.54 Å². The van der Waals surface area contributed by atoms with Crippen molar-refractivity contribution in [1.82, 2.24) is 5.32 Å². The van der Waals surface area contributed by atoms with E-state index in [1.807, 2.05) is 13.0 Å². The predicted molar refractivity (Wildman–Crippen MR) is 90.3 cm³/mol. The van der Waals surface area contributed by atoms with Crippen molar-refractivity contribution in [3.63, 3.8) is 0 Å². The summed E-state index contributed by atoms with van der Waals surface area (Å²) in [6.45, 7) is 9.52. The van der Waals surface area contributed by atoms with Crippen molar-refractivity contribution in [1.29, 1.82) is 0 Å². The van der Waals surface area contributed by atoms with Crippen LogP contribution in [0.15, 0.2) is 30.3 Å². The summed E-state index contributed by atoms with van der Waals surface area (Å²) in [6, 6.07) is 9.97. The highest BCUT2D eigenvalue weighted by atomic mass is 32.1. The first kappa shape index (κ1) is 16.2. The number of thiophene rings is 1. The summed E-state index contributed by atoms with van der Waals surface area (Å²) in [6.07, 6.45) is 1.13. The number of hydrogen-bond acceptors (Lipinski definition) is 2. The molecule has 2 rings (SSSR count). The van der Waals surface area contributed by atoms with Gasteiger partial charge in [0.05, 0.1) is 0 Å². The average Bonchev–Trinajstić information content (AvgIpc) is 2.91. The fraction of sp³-hybridized carbons (Fsp3) is 0.444. The molecule has 0 aliphatic rings. The van der Waals surface area contributed by atoms with E-state index in [-0.39, 0.29) is 5.82 Å². The quantitative estimate of drug-likeness (QED) is 0.736. The van der Waals surface area contributed by atoms with Crippen LogP contribution in [0.4, 0.5) is 4.39 Å². The Kier molecular flexibility index (Phi) is 5.54. The van der Waals surface area contributed by atoms with Crippen LogP contribution in [0.25, 0.3) is 10.4 Å². The lowest BCUT2D eigenvalue weighted by Gasteiger charge is -2.21. The van der Waals surface area contributed by atoms with Crippen LogP contribution in [0, 0.1) is 18.7 Å². The van der Waals surface area contributed by atoms with Crippen LogP contribution in [0.5, 0.6) is 0 Å². The van der Waals surface area contributed by atoms with Crippen LogP contribution in [0.3, 0.4) is 0 Å². The molecular weight excluding hydrogens is 281 g/mol. The van der Waals surface area contributed by atoms with Crippen molar-refractivity contribution in [3.8, 4) is 10.4 Å². The lowest BCUT2D eigenvalue weighted by Crippen LogP contribution is -2.25. The van der Waals surface area contributed by atoms with Crippen LogP contribution in [0.2, 0.25) is 0 Å². The molecular formula is C18H24FNS. The van der Waals surface area contributed by atoms with Crippen LogP contribution in [0.1, 0.15) is 43.7 Å². The van der Waals surface area contributed by atoms with Crippen molar-refractivity contribution >= 4 is 11.3 Å². The molecule has 1 aromatic heterocycles. The fourth-order valence-electron chi connectivity index (χ4n) is 2.50. The summed E-state index contributed by atoms with van der Waals surface area (Å²) in [5, 5.41) is 3.61. The van der Waals surface area contributed by atoms with Gasteiger partial charge in [0.25, 0.3) is 0 Å². The summed E-state index contributed by atoms with van der Waals surface area (Å²) >= 11 is 1.77. The van der Waals surface area contributed by atoms with E-state index in [2.05, 4.69) is 38.2 Å². The Morgan fingerprint density at radius 3 is 2.62 bits per heavy atom. The maximum atomic E-state index is 13.7. The van der Waals surface area contributed by atoms with Gasteiger partial charge in [-0.1, -0.05) is 32.9 Å². The molecule has 1 nitrogen and oxygen atoms in total. The number of benzene rings is 1. The van der Waals surface area contributed by atoms with E-state index < -0.39 is 0 Å². The Morgan fingerprint density at radius 1 is 1.19 bits per heavy atom.